The molecule has 0 saturated carbocycles. The Balaban J connectivity index is 1.63. The van der Waals surface area contributed by atoms with Gasteiger partial charge in [0, 0.05) is 38.8 Å². The molecule has 5 heteroatoms. The van der Waals surface area contributed by atoms with Crippen LogP contribution in [0.5, 0.6) is 0 Å². The van der Waals surface area contributed by atoms with Crippen LogP contribution in [0.25, 0.3) is 0 Å². The highest BCUT2D eigenvalue weighted by Crippen LogP contribution is 2.24. The number of piperazine rings is 1. The molecule has 2 saturated heterocycles. The van der Waals surface area contributed by atoms with Gasteiger partial charge in [0.25, 0.3) is 0 Å². The van der Waals surface area contributed by atoms with Crippen molar-refractivity contribution in [3.63, 3.8) is 0 Å². The van der Waals surface area contributed by atoms with Crippen LogP contribution in [-0.4, -0.2) is 60.5 Å². The molecular formula is C18H26FN3O. The van der Waals surface area contributed by atoms with Gasteiger partial charge in [-0.15, -0.1) is 0 Å². The van der Waals surface area contributed by atoms with Crippen LogP contribution in [0, 0.1) is 5.82 Å². The zero-order chi connectivity index (χ0) is 16.4. The molecule has 0 aliphatic carbocycles. The van der Waals surface area contributed by atoms with Crippen LogP contribution < -0.4 is 4.90 Å². The van der Waals surface area contributed by atoms with Crippen molar-refractivity contribution in [3.8, 4) is 0 Å². The van der Waals surface area contributed by atoms with Gasteiger partial charge in [0.15, 0.2) is 0 Å². The summed E-state index contributed by atoms with van der Waals surface area (Å²) in [5, 5.41) is 0. The average Bonchev–Trinajstić information content (AvgIpc) is 2.55. The van der Waals surface area contributed by atoms with Gasteiger partial charge >= 0.3 is 0 Å². The molecular weight excluding hydrogens is 293 g/mol. The van der Waals surface area contributed by atoms with Crippen molar-refractivity contribution in [1.82, 2.24) is 9.80 Å². The van der Waals surface area contributed by atoms with E-state index in [2.05, 4.69) is 23.6 Å². The lowest BCUT2D eigenvalue weighted by atomic mass is 10.0. The van der Waals surface area contributed by atoms with Crippen LogP contribution in [0.1, 0.15) is 26.7 Å². The molecule has 23 heavy (non-hydrogen) atoms. The van der Waals surface area contributed by atoms with E-state index in [1.165, 1.54) is 6.07 Å². The third kappa shape index (κ3) is 3.34. The zero-order valence-corrected chi connectivity index (χ0v) is 14.0. The van der Waals surface area contributed by atoms with Gasteiger partial charge < -0.3 is 9.80 Å². The fourth-order valence-corrected chi connectivity index (χ4v) is 3.71. The number of nitrogens with zero attached hydrogens (tertiary/aromatic N) is 3. The van der Waals surface area contributed by atoms with Gasteiger partial charge in [0.1, 0.15) is 5.82 Å². The van der Waals surface area contributed by atoms with Gasteiger partial charge in [-0.3, -0.25) is 9.69 Å². The highest BCUT2D eigenvalue weighted by molar-refractivity contribution is 5.83. The van der Waals surface area contributed by atoms with Gasteiger partial charge in [-0.2, -0.15) is 0 Å². The first-order chi connectivity index (χ1) is 11.1. The number of anilines is 1. The van der Waals surface area contributed by atoms with Crippen LogP contribution in [-0.2, 0) is 4.79 Å². The van der Waals surface area contributed by atoms with Gasteiger partial charge in [0.2, 0.25) is 5.91 Å². The maximum absolute atomic E-state index is 13.9. The van der Waals surface area contributed by atoms with Crippen LogP contribution in [0.3, 0.4) is 0 Å². The number of likely N-dealkylation sites (tertiary alicyclic amines) is 1. The summed E-state index contributed by atoms with van der Waals surface area (Å²) < 4.78 is 13.9. The lowest BCUT2D eigenvalue weighted by Crippen LogP contribution is -2.58. The monoisotopic (exact) mass is 319 g/mol. The van der Waals surface area contributed by atoms with Crippen molar-refractivity contribution in [2.24, 2.45) is 0 Å². The summed E-state index contributed by atoms with van der Waals surface area (Å²) >= 11 is 0. The quantitative estimate of drug-likeness (QED) is 0.856. The summed E-state index contributed by atoms with van der Waals surface area (Å²) in [6.45, 7) is 8.21. The molecule has 0 spiro atoms. The standard InChI is InChI=1S/C18H26FN3O/c1-14(2)22-9-5-8-17(18(22)23)21-12-10-20(11-13-21)16-7-4-3-6-15(16)19/h3-4,6-7,14,17H,5,8-13H2,1-2H3. The molecule has 3 rings (SSSR count). The van der Waals surface area contributed by atoms with E-state index in [-0.39, 0.29) is 23.8 Å². The molecule has 2 aliphatic heterocycles. The molecule has 0 bridgehead atoms. The second kappa shape index (κ2) is 6.87. The van der Waals surface area contributed by atoms with Gasteiger partial charge in [0.05, 0.1) is 11.7 Å². The second-order valence-corrected chi connectivity index (χ2v) is 6.76. The van der Waals surface area contributed by atoms with Crippen LogP contribution in [0.2, 0.25) is 0 Å². The van der Waals surface area contributed by atoms with E-state index in [9.17, 15) is 9.18 Å². The van der Waals surface area contributed by atoms with E-state index in [1.54, 1.807) is 6.07 Å². The number of rotatable bonds is 3. The van der Waals surface area contributed by atoms with Crippen molar-refractivity contribution in [3.05, 3.63) is 30.1 Å². The molecule has 1 atom stereocenters. The van der Waals surface area contributed by atoms with Gasteiger partial charge in [-0.1, -0.05) is 12.1 Å². The number of carbonyl (C=O) groups is 1. The Morgan fingerprint density at radius 2 is 1.78 bits per heavy atom. The van der Waals surface area contributed by atoms with Gasteiger partial charge in [-0.05, 0) is 38.8 Å². The Morgan fingerprint density at radius 1 is 1.09 bits per heavy atom. The highest BCUT2D eigenvalue weighted by Gasteiger charge is 2.35. The van der Waals surface area contributed by atoms with E-state index >= 15 is 0 Å². The first-order valence-electron chi connectivity index (χ1n) is 8.62. The molecule has 1 unspecified atom stereocenters. The van der Waals surface area contributed by atoms with Crippen molar-refractivity contribution >= 4 is 11.6 Å². The molecule has 1 amide bonds. The van der Waals surface area contributed by atoms with Crippen molar-refractivity contribution in [1.29, 1.82) is 0 Å². The summed E-state index contributed by atoms with van der Waals surface area (Å²) in [5.74, 6) is 0.103. The lowest BCUT2D eigenvalue weighted by molar-refractivity contribution is -0.142. The predicted molar refractivity (Wildman–Crippen MR) is 90.1 cm³/mol. The Hall–Kier alpha value is -1.62. The molecule has 0 N–H and O–H groups in total. The molecule has 2 aliphatic rings. The topological polar surface area (TPSA) is 26.8 Å². The maximum Gasteiger partial charge on any atom is 0.240 e. The molecule has 4 nitrogen and oxygen atoms in total. The Kier molecular flexibility index (Phi) is 4.85. The van der Waals surface area contributed by atoms with Gasteiger partial charge in [-0.25, -0.2) is 4.39 Å². The van der Waals surface area contributed by atoms with Crippen LogP contribution >= 0.6 is 0 Å². The Bertz CT molecular complexity index is 555. The number of hydrogen-bond acceptors (Lipinski definition) is 3. The summed E-state index contributed by atoms with van der Waals surface area (Å²) in [4.78, 5) is 19.0. The number of benzene rings is 1. The maximum atomic E-state index is 13.9. The minimum atomic E-state index is -0.166. The molecule has 2 heterocycles. The summed E-state index contributed by atoms with van der Waals surface area (Å²) in [5.41, 5.74) is 0.672. The number of amides is 1. The number of piperidine rings is 1. The minimum absolute atomic E-state index is 0.00826. The molecule has 0 aromatic heterocycles. The number of carbonyl (C=O) groups excluding carboxylic acids is 1. The highest BCUT2D eigenvalue weighted by atomic mass is 19.1. The van der Waals surface area contributed by atoms with E-state index in [1.807, 2.05) is 17.0 Å². The first-order valence-corrected chi connectivity index (χ1v) is 8.62. The third-order valence-corrected chi connectivity index (χ3v) is 5.02. The van der Waals surface area contributed by atoms with Crippen molar-refractivity contribution in [2.75, 3.05) is 37.6 Å². The summed E-state index contributed by atoms with van der Waals surface area (Å²) in [6.07, 6.45) is 2.02. The van der Waals surface area contributed by atoms with Crippen LogP contribution in [0.15, 0.2) is 24.3 Å². The largest absolute Gasteiger partial charge is 0.367 e. The predicted octanol–water partition coefficient (Wildman–Crippen LogP) is 2.35. The number of para-hydroxylation sites is 1. The fraction of sp³-hybridized carbons (Fsp3) is 0.611. The SMILES string of the molecule is CC(C)N1CCCC(N2CCN(c3ccccc3F)CC2)C1=O. The normalized spacial score (nSPS) is 23.7. The zero-order valence-electron chi connectivity index (χ0n) is 14.0. The molecule has 2 fully saturated rings. The van der Waals surface area contributed by atoms with Crippen molar-refractivity contribution < 1.29 is 9.18 Å². The Morgan fingerprint density at radius 3 is 2.43 bits per heavy atom. The lowest BCUT2D eigenvalue weighted by Gasteiger charge is -2.44. The molecule has 0 radical (unpaired) electrons. The van der Waals surface area contributed by atoms with E-state index in [0.29, 0.717) is 5.69 Å². The summed E-state index contributed by atoms with van der Waals surface area (Å²) in [6, 6.07) is 7.20. The van der Waals surface area contributed by atoms with Crippen molar-refractivity contribution in [2.45, 2.75) is 38.8 Å². The average molecular weight is 319 g/mol. The first kappa shape index (κ1) is 16.2. The number of halogens is 1. The molecule has 1 aromatic rings. The minimum Gasteiger partial charge on any atom is -0.367 e. The second-order valence-electron chi connectivity index (χ2n) is 6.76. The Labute approximate surface area is 137 Å². The van der Waals surface area contributed by atoms with E-state index < -0.39 is 0 Å². The summed E-state index contributed by atoms with van der Waals surface area (Å²) in [7, 11) is 0. The van der Waals surface area contributed by atoms with E-state index in [0.717, 1.165) is 45.6 Å². The van der Waals surface area contributed by atoms with E-state index in [4.69, 9.17) is 0 Å². The third-order valence-electron chi connectivity index (χ3n) is 5.02. The number of hydrogen-bond donors (Lipinski definition) is 0. The molecule has 1 aromatic carbocycles. The fourth-order valence-electron chi connectivity index (χ4n) is 3.71. The smallest absolute Gasteiger partial charge is 0.240 e. The van der Waals surface area contributed by atoms with Crippen LogP contribution in [0.4, 0.5) is 10.1 Å². The molecule has 126 valence electrons.